The maximum atomic E-state index is 10.7. The first-order chi connectivity index (χ1) is 47.4. The molecule has 0 saturated carbocycles. The van der Waals surface area contributed by atoms with Crippen LogP contribution < -0.4 is 0 Å². The van der Waals surface area contributed by atoms with E-state index in [4.69, 9.17) is 99.6 Å². The van der Waals surface area contributed by atoms with E-state index in [-0.39, 0.29) is 54.8 Å². The Morgan fingerprint density at radius 2 is 0.725 bits per heavy atom. The Morgan fingerprint density at radius 3 is 0.941 bits per heavy atom. The van der Waals surface area contributed by atoms with E-state index in [1.165, 1.54) is 33.1 Å². The van der Waals surface area contributed by atoms with Gasteiger partial charge in [0.05, 0.1) is 41.9 Å². The lowest BCUT2D eigenvalue weighted by molar-refractivity contribution is -0.193. The van der Waals surface area contributed by atoms with Crippen LogP contribution in [0.15, 0.2) is 109 Å². The van der Waals surface area contributed by atoms with Crippen molar-refractivity contribution in [3.8, 4) is 0 Å². The van der Waals surface area contributed by atoms with Gasteiger partial charge in [-0.15, -0.1) is 0 Å². The van der Waals surface area contributed by atoms with E-state index >= 15 is 0 Å². The summed E-state index contributed by atoms with van der Waals surface area (Å²) < 4.78 is 0. The lowest BCUT2D eigenvalue weighted by atomic mass is 9.94. The third kappa shape index (κ3) is 87.4. The van der Waals surface area contributed by atoms with E-state index in [0.29, 0.717) is 23.6 Å². The quantitative estimate of drug-likeness (QED) is 0.0307. The summed E-state index contributed by atoms with van der Waals surface area (Å²) in [6.45, 7) is 6.15. The van der Waals surface area contributed by atoms with Crippen molar-refractivity contribution in [2.24, 2.45) is 11.8 Å². The van der Waals surface area contributed by atoms with Gasteiger partial charge in [-0.2, -0.15) is 38.4 Å². The predicted octanol–water partition coefficient (Wildman–Crippen LogP) is 4.25. The second-order valence-corrected chi connectivity index (χ2v) is 19.4. The lowest BCUT2D eigenvalue weighted by Gasteiger charge is -2.19. The second kappa shape index (κ2) is 72.6. The summed E-state index contributed by atoms with van der Waals surface area (Å²) in [6, 6.07) is 28.6. The highest BCUT2D eigenvalue weighted by Crippen LogP contribution is 2.17. The Morgan fingerprint density at radius 1 is 0.392 bits per heavy atom. The number of carboxylic acids is 11. The minimum atomic E-state index is -2.49. The maximum absolute atomic E-state index is 10.7. The summed E-state index contributed by atoms with van der Waals surface area (Å²) in [6.07, 6.45) is 6.00. The van der Waals surface area contributed by atoms with Crippen LogP contribution in [0.1, 0.15) is 158 Å². The van der Waals surface area contributed by atoms with Crippen molar-refractivity contribution in [1.29, 1.82) is 0 Å². The number of aromatic carboxylic acids is 2. The fourth-order valence-corrected chi connectivity index (χ4v) is 6.35. The van der Waals surface area contributed by atoms with Crippen LogP contribution in [0.5, 0.6) is 0 Å². The molecular formula is C65H80O37. The zero-order valence-corrected chi connectivity index (χ0v) is 55.5. The normalized spacial score (nSPS) is 10.4. The monoisotopic (exact) mass is 1450 g/mol. The molecule has 37 heteroatoms. The van der Waals surface area contributed by atoms with Crippen LogP contribution in [0.25, 0.3) is 0 Å². The number of benzene rings is 3. The molecule has 0 saturated heterocycles. The number of carboxylic acid groups (broad SMARTS) is 11. The molecule has 3 rings (SSSR count). The highest BCUT2D eigenvalue weighted by molar-refractivity contribution is 5.99. The van der Waals surface area contributed by atoms with Gasteiger partial charge in [-0.3, -0.25) is 43.2 Å². The number of rotatable bonds is 32. The highest BCUT2D eigenvalue weighted by atomic mass is 16.4. The minimum Gasteiger partial charge on any atom is -0.481 e. The van der Waals surface area contributed by atoms with Crippen molar-refractivity contribution >= 4 is 119 Å². The molecule has 3 aromatic rings. The van der Waals surface area contributed by atoms with Gasteiger partial charge in [-0.05, 0) is 71.7 Å². The molecule has 4 unspecified atom stereocenters. The molecule has 0 amide bonds. The van der Waals surface area contributed by atoms with Crippen molar-refractivity contribution < 1.29 is 181 Å². The highest BCUT2D eigenvalue weighted by Gasteiger charge is 2.39. The number of ketones is 5. The Bertz CT molecular complexity index is 3000. The van der Waals surface area contributed by atoms with Crippen LogP contribution in [-0.4, -0.2) is 197 Å². The molecule has 102 heavy (non-hydrogen) atoms. The first-order valence-electron chi connectivity index (χ1n) is 28.6. The molecule has 0 fully saturated rings. The van der Waals surface area contributed by atoms with Gasteiger partial charge in [0.1, 0.15) is 35.2 Å². The summed E-state index contributed by atoms with van der Waals surface area (Å²) in [4.78, 5) is 230. The third-order valence-electron chi connectivity index (χ3n) is 10.6. The van der Waals surface area contributed by atoms with Gasteiger partial charge in [0, 0.05) is 38.2 Å². The van der Waals surface area contributed by atoms with E-state index in [9.17, 15) is 81.8 Å². The molecule has 0 radical (unpaired) electrons. The Kier molecular flexibility index (Phi) is 76.9. The zero-order chi connectivity index (χ0) is 81.4. The molecule has 0 spiro atoms. The van der Waals surface area contributed by atoms with E-state index in [0.717, 1.165) is 52.4 Å². The lowest BCUT2D eigenvalue weighted by Crippen LogP contribution is -2.42. The van der Waals surface area contributed by atoms with Crippen LogP contribution in [-0.2, 0) is 105 Å². The average molecular weight is 1450 g/mol. The van der Waals surface area contributed by atoms with E-state index < -0.39 is 132 Å². The fraction of sp³-hybridized carbons (Fsp3) is 0.385. The van der Waals surface area contributed by atoms with E-state index in [1.54, 1.807) is 67.6 Å². The SMILES string of the molecule is CC(=O)C(O)C(CC(=O)O)C(=O)O.CC(=O)C/C(=C/C(=O)O)C(=O)O.CC(=O)CC(CC(=O)O)C(=O)O.CC(=O)CC(O)(CC(=O)O)C(=O)O.CC(=O)CCCCCCCCCCC(=O)O.O=C(O)c1ccccc1.O=C(O)c1ccccc1.O=C=O.O=C=O.O=C=O.O=C=O.c1ccccc1. The molecule has 37 nitrogen and oxygen atoms in total. The van der Waals surface area contributed by atoms with Crippen molar-refractivity contribution in [3.63, 3.8) is 0 Å². The second-order valence-electron chi connectivity index (χ2n) is 19.4. The smallest absolute Gasteiger partial charge is 0.373 e. The number of Topliss-reactive ketones (excluding diaryl/α,β-unsaturated/α-hetero) is 5. The molecule has 0 heterocycles. The summed E-state index contributed by atoms with van der Waals surface area (Å²) in [7, 11) is 0. The molecule has 0 aliphatic rings. The Labute approximate surface area is 579 Å². The van der Waals surface area contributed by atoms with Gasteiger partial charge in [0.2, 0.25) is 0 Å². The molecule has 3 aromatic carbocycles. The molecule has 562 valence electrons. The molecule has 0 aliphatic heterocycles. The fourth-order valence-electron chi connectivity index (χ4n) is 6.35. The van der Waals surface area contributed by atoms with E-state index in [1.807, 2.05) is 36.4 Å². The molecular weight excluding hydrogens is 1370 g/mol. The number of aliphatic carboxylic acids is 9. The maximum Gasteiger partial charge on any atom is 0.373 e. The first-order valence-corrected chi connectivity index (χ1v) is 28.6. The topological polar surface area (TPSA) is 673 Å². The minimum absolute atomic E-state index is 0.221. The number of carbonyl (C=O) groups excluding carboxylic acids is 13. The number of hydrogen-bond acceptors (Lipinski definition) is 26. The molecule has 0 aliphatic carbocycles. The van der Waals surface area contributed by atoms with Crippen LogP contribution in [0.4, 0.5) is 0 Å². The molecule has 4 atom stereocenters. The Hall–Kier alpha value is -12.6. The van der Waals surface area contributed by atoms with Gasteiger partial charge in [0.15, 0.2) is 11.4 Å². The summed E-state index contributed by atoms with van der Waals surface area (Å²) in [5.74, 6) is -18.1. The number of aliphatic hydroxyl groups excluding tert-OH is 1. The van der Waals surface area contributed by atoms with Gasteiger partial charge in [-0.25, -0.2) is 24.0 Å². The van der Waals surface area contributed by atoms with Crippen molar-refractivity contribution in [2.45, 2.75) is 149 Å². The number of hydrogen-bond donors (Lipinski definition) is 13. The van der Waals surface area contributed by atoms with Crippen LogP contribution in [0.2, 0.25) is 0 Å². The third-order valence-corrected chi connectivity index (χ3v) is 10.6. The van der Waals surface area contributed by atoms with E-state index in [2.05, 4.69) is 0 Å². The largest absolute Gasteiger partial charge is 0.481 e. The van der Waals surface area contributed by atoms with Crippen molar-refractivity contribution in [3.05, 3.63) is 120 Å². The molecule has 13 N–H and O–H groups in total. The predicted molar refractivity (Wildman–Crippen MR) is 335 cm³/mol. The summed E-state index contributed by atoms with van der Waals surface area (Å²) >= 11 is 0. The zero-order valence-electron chi connectivity index (χ0n) is 55.5. The summed E-state index contributed by atoms with van der Waals surface area (Å²) in [5, 5.41) is 110. The van der Waals surface area contributed by atoms with Crippen LogP contribution in [0, 0.1) is 11.8 Å². The molecule has 0 aromatic heterocycles. The molecule has 0 bridgehead atoms. The number of aliphatic hydroxyl groups is 2. The Balaban J connectivity index is -0.000000136. The van der Waals surface area contributed by atoms with Crippen molar-refractivity contribution in [2.75, 3.05) is 0 Å². The first kappa shape index (κ1) is 108. The van der Waals surface area contributed by atoms with Gasteiger partial charge in [0.25, 0.3) is 0 Å². The standard InChI is InChI=1S/C13H24O3.2C7H10O6.C7H10O5.C7H8O5.2C7H6O2.C6H6.4CO2/c1-12(14)10-8-6-4-2-3-5-7-9-11-13(15)16;1-4(8)2-7(13,6(11)12)3-5(9)10;1-3(8)6(11)4(7(12)13)2-5(9)10;2*1-4(8)2-5(7(11)12)3-6(9)10;2*8-7(9)6-4-2-1-3-5-6;1-2-4-6-5-3-1;4*2-1-3/h2-11H2,1H3,(H,15,16);13H,2-3H2,1H3,(H,9,10)(H,11,12);4,6,11H,2H2,1H3,(H,9,10)(H,12,13);5H,2-3H2,1H3,(H,9,10)(H,11,12);3H,2H2,1H3,(H,9,10)(H,11,12);2*1-5H,(H,8,9);1-6H;;;;/b;;;;5-3-;;;;;;;. The van der Waals surface area contributed by atoms with Crippen molar-refractivity contribution in [1.82, 2.24) is 0 Å². The van der Waals surface area contributed by atoms with Crippen LogP contribution >= 0.6 is 0 Å². The number of unbranched alkanes of at least 4 members (excludes halogenated alkanes) is 7. The van der Waals surface area contributed by atoms with Gasteiger partial charge >= 0.3 is 90.3 Å². The van der Waals surface area contributed by atoms with Gasteiger partial charge in [-0.1, -0.05) is 111 Å². The van der Waals surface area contributed by atoms with Crippen LogP contribution in [0.3, 0.4) is 0 Å². The van der Waals surface area contributed by atoms with Gasteiger partial charge < -0.3 is 76.0 Å². The number of carbonyl (C=O) groups is 16. The summed E-state index contributed by atoms with van der Waals surface area (Å²) in [5.41, 5.74) is -2.23. The average Bonchev–Trinajstić information content (AvgIpc) is 0.862.